The molecule has 1 aromatic carbocycles. The molecule has 2 nitrogen and oxygen atoms in total. The second kappa shape index (κ2) is 5.96. The quantitative estimate of drug-likeness (QED) is 0.605. The summed E-state index contributed by atoms with van der Waals surface area (Å²) in [6.07, 6.45) is 0.942. The van der Waals surface area contributed by atoms with Crippen LogP contribution in [0.2, 0.25) is 0 Å². The third kappa shape index (κ3) is 2.86. The van der Waals surface area contributed by atoms with E-state index < -0.39 is 6.10 Å². The molecule has 1 unspecified atom stereocenters. The molecule has 16 heavy (non-hydrogen) atoms. The fourth-order valence-corrected chi connectivity index (χ4v) is 1.32. The van der Waals surface area contributed by atoms with E-state index >= 15 is 0 Å². The largest absolute Gasteiger partial charge is 0.489 e. The molecule has 0 fully saturated rings. The lowest BCUT2D eigenvalue weighted by Gasteiger charge is -2.15. The van der Waals surface area contributed by atoms with Crippen molar-refractivity contribution in [3.63, 3.8) is 0 Å². The zero-order valence-corrected chi connectivity index (χ0v) is 9.44. The molecule has 0 heterocycles. The van der Waals surface area contributed by atoms with Crippen molar-refractivity contribution < 1.29 is 9.84 Å². The Bertz CT molecular complexity index is 414. The predicted octanol–water partition coefficient (Wildman–Crippen LogP) is 3.02. The van der Waals surface area contributed by atoms with Gasteiger partial charge in [-0.3, -0.25) is 0 Å². The predicted molar refractivity (Wildman–Crippen MR) is 65.4 cm³/mol. The number of hydrogen-bond acceptors (Lipinski definition) is 2. The highest BCUT2D eigenvalue weighted by molar-refractivity contribution is 5.38. The first-order chi connectivity index (χ1) is 7.70. The van der Waals surface area contributed by atoms with Crippen molar-refractivity contribution in [3.05, 3.63) is 60.4 Å². The number of ether oxygens (including phenoxy) is 1. The monoisotopic (exact) mass is 216 g/mol. The van der Waals surface area contributed by atoms with Gasteiger partial charge in [-0.15, -0.1) is 5.73 Å². The minimum Gasteiger partial charge on any atom is -0.489 e. The molecule has 1 aromatic rings. The second-order valence-corrected chi connectivity index (χ2v) is 3.40. The van der Waals surface area contributed by atoms with E-state index in [-0.39, 0.29) is 0 Å². The molecule has 84 valence electrons. The average molecular weight is 216 g/mol. The van der Waals surface area contributed by atoms with E-state index in [2.05, 4.69) is 18.9 Å². The molecule has 2 heteroatoms. The smallest absolute Gasteiger partial charge is 0.125 e. The summed E-state index contributed by atoms with van der Waals surface area (Å²) in [5.41, 5.74) is 4.08. The van der Waals surface area contributed by atoms with Gasteiger partial charge in [-0.1, -0.05) is 37.4 Å². The van der Waals surface area contributed by atoms with E-state index in [4.69, 9.17) is 4.74 Å². The van der Waals surface area contributed by atoms with Crippen LogP contribution in [0.1, 0.15) is 18.6 Å². The van der Waals surface area contributed by atoms with E-state index in [1.54, 1.807) is 13.0 Å². The van der Waals surface area contributed by atoms with Gasteiger partial charge in [-0.05, 0) is 13.0 Å². The summed E-state index contributed by atoms with van der Waals surface area (Å²) in [4.78, 5) is 0. The Morgan fingerprint density at radius 1 is 1.56 bits per heavy atom. The lowest BCUT2D eigenvalue weighted by Crippen LogP contribution is -2.03. The van der Waals surface area contributed by atoms with Gasteiger partial charge in [-0.2, -0.15) is 0 Å². The summed E-state index contributed by atoms with van der Waals surface area (Å²) < 4.78 is 5.46. The van der Waals surface area contributed by atoms with Gasteiger partial charge in [0.05, 0.1) is 0 Å². The topological polar surface area (TPSA) is 29.5 Å². The van der Waals surface area contributed by atoms with E-state index in [0.29, 0.717) is 17.9 Å². The average Bonchev–Trinajstić information content (AvgIpc) is 2.34. The molecule has 0 bridgehead atoms. The molecule has 0 spiro atoms. The van der Waals surface area contributed by atoms with Gasteiger partial charge in [0.15, 0.2) is 0 Å². The molecule has 1 rings (SSSR count). The number of para-hydroxylation sites is 1. The van der Waals surface area contributed by atoms with E-state index in [1.807, 2.05) is 24.3 Å². The summed E-state index contributed by atoms with van der Waals surface area (Å²) in [5, 5.41) is 10.0. The van der Waals surface area contributed by atoms with Crippen LogP contribution >= 0.6 is 0 Å². The molecule has 0 saturated carbocycles. The first kappa shape index (κ1) is 12.3. The van der Waals surface area contributed by atoms with Crippen molar-refractivity contribution >= 4 is 0 Å². The third-order valence-corrected chi connectivity index (χ3v) is 2.26. The maximum absolute atomic E-state index is 10.0. The van der Waals surface area contributed by atoms with Crippen LogP contribution in [0.3, 0.4) is 0 Å². The molecule has 0 saturated heterocycles. The minimum absolute atomic E-state index is 0.417. The molecule has 0 aromatic heterocycles. The van der Waals surface area contributed by atoms with Gasteiger partial charge in [0, 0.05) is 11.1 Å². The van der Waals surface area contributed by atoms with E-state index in [9.17, 15) is 5.11 Å². The Hall–Kier alpha value is -1.76. The van der Waals surface area contributed by atoms with Crippen LogP contribution in [0.25, 0.3) is 0 Å². The van der Waals surface area contributed by atoms with E-state index in [0.717, 1.165) is 5.56 Å². The third-order valence-electron chi connectivity index (χ3n) is 2.26. The number of hydrogen-bond donors (Lipinski definition) is 1. The number of aliphatic hydroxyl groups is 1. The molecule has 0 aliphatic rings. The van der Waals surface area contributed by atoms with Crippen LogP contribution in [0, 0.1) is 0 Å². The Kier molecular flexibility index (Phi) is 4.59. The SMILES string of the molecule is C=C=C(C)C(O)c1ccccc1OCC=C. The first-order valence-electron chi connectivity index (χ1n) is 5.08. The van der Waals surface area contributed by atoms with Crippen molar-refractivity contribution in [1.82, 2.24) is 0 Å². The molecular weight excluding hydrogens is 200 g/mol. The minimum atomic E-state index is -0.724. The standard InChI is InChI=1S/C14H16O2/c1-4-10-16-13-9-7-6-8-12(13)14(15)11(3)5-2/h4,6-9,14-15H,1-2,10H2,3H3. The first-order valence-corrected chi connectivity index (χ1v) is 5.08. The van der Waals surface area contributed by atoms with Gasteiger partial charge in [0.25, 0.3) is 0 Å². The molecule has 0 radical (unpaired) electrons. The highest BCUT2D eigenvalue weighted by Crippen LogP contribution is 2.29. The van der Waals surface area contributed by atoms with Gasteiger partial charge in [-0.25, -0.2) is 0 Å². The Morgan fingerprint density at radius 2 is 2.25 bits per heavy atom. The maximum Gasteiger partial charge on any atom is 0.125 e. The highest BCUT2D eigenvalue weighted by Gasteiger charge is 2.13. The Morgan fingerprint density at radius 3 is 2.88 bits per heavy atom. The van der Waals surface area contributed by atoms with Crippen LogP contribution in [0.5, 0.6) is 5.75 Å². The van der Waals surface area contributed by atoms with Gasteiger partial charge in [0.1, 0.15) is 18.5 Å². The molecule has 0 aliphatic carbocycles. The lowest BCUT2D eigenvalue weighted by atomic mass is 10.0. The number of benzene rings is 1. The fourth-order valence-electron chi connectivity index (χ4n) is 1.32. The molecule has 0 aliphatic heterocycles. The summed E-state index contributed by atoms with van der Waals surface area (Å²) in [6.45, 7) is 9.30. The van der Waals surface area contributed by atoms with Crippen molar-refractivity contribution in [1.29, 1.82) is 0 Å². The number of rotatable bonds is 5. The zero-order valence-electron chi connectivity index (χ0n) is 9.44. The summed E-state index contributed by atoms with van der Waals surface area (Å²) in [7, 11) is 0. The van der Waals surface area contributed by atoms with Crippen LogP contribution < -0.4 is 4.74 Å². The van der Waals surface area contributed by atoms with Gasteiger partial charge >= 0.3 is 0 Å². The fraction of sp³-hybridized carbons (Fsp3) is 0.214. The number of aliphatic hydroxyl groups excluding tert-OH is 1. The summed E-state index contributed by atoms with van der Waals surface area (Å²) in [6, 6.07) is 7.36. The Balaban J connectivity index is 3.02. The van der Waals surface area contributed by atoms with Crippen molar-refractivity contribution in [2.24, 2.45) is 0 Å². The lowest BCUT2D eigenvalue weighted by molar-refractivity contribution is 0.209. The van der Waals surface area contributed by atoms with Crippen molar-refractivity contribution in [2.45, 2.75) is 13.0 Å². The van der Waals surface area contributed by atoms with Crippen molar-refractivity contribution in [2.75, 3.05) is 6.61 Å². The van der Waals surface area contributed by atoms with Gasteiger partial charge in [0.2, 0.25) is 0 Å². The second-order valence-electron chi connectivity index (χ2n) is 3.40. The highest BCUT2D eigenvalue weighted by atomic mass is 16.5. The summed E-state index contributed by atoms with van der Waals surface area (Å²) in [5.74, 6) is 0.657. The van der Waals surface area contributed by atoms with Gasteiger partial charge < -0.3 is 9.84 Å². The van der Waals surface area contributed by atoms with Crippen LogP contribution in [0.4, 0.5) is 0 Å². The Labute approximate surface area is 96.2 Å². The molecular formula is C14H16O2. The van der Waals surface area contributed by atoms with Crippen LogP contribution in [-0.4, -0.2) is 11.7 Å². The van der Waals surface area contributed by atoms with Crippen LogP contribution in [-0.2, 0) is 0 Å². The van der Waals surface area contributed by atoms with Crippen LogP contribution in [0.15, 0.2) is 54.8 Å². The van der Waals surface area contributed by atoms with E-state index in [1.165, 1.54) is 0 Å². The normalized spacial score (nSPS) is 11.4. The van der Waals surface area contributed by atoms with Crippen molar-refractivity contribution in [3.8, 4) is 5.75 Å². The summed E-state index contributed by atoms with van der Waals surface area (Å²) >= 11 is 0. The molecule has 0 amide bonds. The molecule has 1 N–H and O–H groups in total. The molecule has 1 atom stereocenters. The maximum atomic E-state index is 10.0. The zero-order chi connectivity index (χ0) is 12.0.